The molecule has 6 nitrogen and oxygen atoms in total. The Morgan fingerprint density at radius 3 is 2.25 bits per heavy atom. The lowest BCUT2D eigenvalue weighted by molar-refractivity contribution is -0.131. The van der Waals surface area contributed by atoms with Crippen molar-refractivity contribution in [1.29, 1.82) is 0 Å². The average molecular weight is 540 g/mol. The van der Waals surface area contributed by atoms with Gasteiger partial charge < -0.3 is 24.2 Å². The van der Waals surface area contributed by atoms with Gasteiger partial charge in [0, 0.05) is 25.7 Å². The minimum atomic E-state index is -0.980. The van der Waals surface area contributed by atoms with Crippen molar-refractivity contribution in [3.63, 3.8) is 0 Å². The summed E-state index contributed by atoms with van der Waals surface area (Å²) in [4.78, 5) is 13.0. The van der Waals surface area contributed by atoms with Gasteiger partial charge in [-0.15, -0.1) is 0 Å². The van der Waals surface area contributed by atoms with Crippen LogP contribution >= 0.6 is 0 Å². The molecule has 6 heteroatoms. The van der Waals surface area contributed by atoms with E-state index in [0.717, 1.165) is 50.5 Å². The summed E-state index contributed by atoms with van der Waals surface area (Å²) in [5.41, 5.74) is 3.27. The molecule has 1 heterocycles. The molecule has 0 aromatic heterocycles. The van der Waals surface area contributed by atoms with Gasteiger partial charge in [-0.3, -0.25) is 0 Å². The Kier molecular flexibility index (Phi) is 11.2. The number of carboxylic acids is 1. The number of hydrogen-bond donors (Lipinski definition) is 1. The van der Waals surface area contributed by atoms with E-state index in [2.05, 4.69) is 53.4 Å². The van der Waals surface area contributed by atoms with Gasteiger partial charge in [0.15, 0.2) is 11.5 Å². The first-order chi connectivity index (χ1) is 19.6. The number of hydrogen-bond acceptors (Lipinski definition) is 5. The highest BCUT2D eigenvalue weighted by molar-refractivity contribution is 5.80. The largest absolute Gasteiger partial charge is 0.493 e. The van der Waals surface area contributed by atoms with Crippen LogP contribution in [-0.2, 0) is 9.53 Å². The lowest BCUT2D eigenvalue weighted by Gasteiger charge is -2.34. The molecule has 0 amide bonds. The molecule has 4 rings (SSSR count). The predicted molar refractivity (Wildman–Crippen MR) is 158 cm³/mol. The fraction of sp³-hybridized carbons (Fsp3) is 0.265. The number of aliphatic carboxylic acids is 1. The van der Waals surface area contributed by atoms with Crippen LogP contribution in [0.2, 0.25) is 0 Å². The Labute approximate surface area is 236 Å². The molecule has 3 aromatic rings. The van der Waals surface area contributed by atoms with Crippen molar-refractivity contribution in [2.24, 2.45) is 0 Å². The Balaban J connectivity index is 1.21. The molecule has 208 valence electrons. The zero-order valence-electron chi connectivity index (χ0n) is 22.9. The first kappa shape index (κ1) is 28.9. The first-order valence-electron chi connectivity index (χ1n) is 13.7. The normalized spacial score (nSPS) is 14.9. The second-order valence-electron chi connectivity index (χ2n) is 9.62. The van der Waals surface area contributed by atoms with Crippen molar-refractivity contribution >= 4 is 12.0 Å². The summed E-state index contributed by atoms with van der Waals surface area (Å²) in [6.07, 6.45) is 12.9. The van der Waals surface area contributed by atoms with Gasteiger partial charge in [0.05, 0.1) is 19.5 Å². The SMILES string of the molecule is COc1cc(C=CC=CC(=O)O)ccc1O/C=C/CCN1CCC(OC(c2ccccc2)c2ccccc2)CC1. The van der Waals surface area contributed by atoms with Crippen LogP contribution in [0.1, 0.15) is 42.1 Å². The maximum absolute atomic E-state index is 10.6. The fourth-order valence-corrected chi connectivity index (χ4v) is 4.70. The van der Waals surface area contributed by atoms with Gasteiger partial charge in [0.25, 0.3) is 0 Å². The van der Waals surface area contributed by atoms with Crippen molar-refractivity contribution in [3.05, 3.63) is 126 Å². The highest BCUT2D eigenvalue weighted by Crippen LogP contribution is 2.30. The van der Waals surface area contributed by atoms with Crippen LogP contribution in [0.3, 0.4) is 0 Å². The van der Waals surface area contributed by atoms with Gasteiger partial charge >= 0.3 is 5.97 Å². The van der Waals surface area contributed by atoms with Gasteiger partial charge in [0.1, 0.15) is 6.10 Å². The summed E-state index contributed by atoms with van der Waals surface area (Å²) in [5, 5.41) is 8.66. The third-order valence-corrected chi connectivity index (χ3v) is 6.80. The summed E-state index contributed by atoms with van der Waals surface area (Å²) in [7, 11) is 1.60. The van der Waals surface area contributed by atoms with Crippen molar-refractivity contribution in [3.8, 4) is 11.5 Å². The number of likely N-dealkylation sites (tertiary alicyclic amines) is 1. The maximum Gasteiger partial charge on any atom is 0.328 e. The molecule has 0 radical (unpaired) electrons. The molecular formula is C34H37NO5. The third-order valence-electron chi connectivity index (χ3n) is 6.80. The summed E-state index contributed by atoms with van der Waals surface area (Å²) < 4.78 is 17.9. The van der Waals surface area contributed by atoms with Crippen molar-refractivity contribution in [1.82, 2.24) is 4.90 Å². The number of carbonyl (C=O) groups is 1. The molecule has 1 aliphatic heterocycles. The van der Waals surface area contributed by atoms with E-state index in [1.54, 1.807) is 25.5 Å². The second kappa shape index (κ2) is 15.5. The van der Waals surface area contributed by atoms with E-state index in [-0.39, 0.29) is 12.2 Å². The first-order valence-corrected chi connectivity index (χ1v) is 13.7. The predicted octanol–water partition coefficient (Wildman–Crippen LogP) is 6.90. The number of methoxy groups -OCH3 is 1. The van der Waals surface area contributed by atoms with Crippen LogP contribution in [0.5, 0.6) is 11.5 Å². The minimum absolute atomic E-state index is 0.0464. The number of nitrogens with zero attached hydrogens (tertiary/aromatic N) is 1. The standard InChI is InChI=1S/C34H37NO5/c1-38-32-26-27(12-8-9-17-33(36)37)18-19-31(32)39-25-11-10-22-35-23-20-30(21-24-35)40-34(28-13-4-2-5-14-28)29-15-6-3-7-16-29/h2-9,11-19,25-26,30,34H,10,20-24H2,1H3,(H,36,37)/b12-8?,17-9?,25-11+. The highest BCUT2D eigenvalue weighted by atomic mass is 16.5. The van der Waals surface area contributed by atoms with Crippen molar-refractivity contribution < 1.29 is 24.1 Å². The molecular weight excluding hydrogens is 502 g/mol. The monoisotopic (exact) mass is 539 g/mol. The van der Waals surface area contributed by atoms with Gasteiger partial charge in [-0.1, -0.05) is 85.0 Å². The number of allylic oxidation sites excluding steroid dienone is 2. The molecule has 0 atom stereocenters. The molecule has 0 aliphatic carbocycles. The Morgan fingerprint density at radius 1 is 0.950 bits per heavy atom. The maximum atomic E-state index is 10.6. The third kappa shape index (κ3) is 8.97. The molecule has 1 N–H and O–H groups in total. The second-order valence-corrected chi connectivity index (χ2v) is 9.62. The average Bonchev–Trinajstić information content (AvgIpc) is 2.99. The molecule has 40 heavy (non-hydrogen) atoms. The van der Waals surface area contributed by atoms with Gasteiger partial charge in [-0.2, -0.15) is 0 Å². The van der Waals surface area contributed by atoms with Crippen LogP contribution in [-0.4, -0.2) is 48.8 Å². The number of ether oxygens (including phenoxy) is 3. The minimum Gasteiger partial charge on any atom is -0.493 e. The molecule has 0 bridgehead atoms. The lowest BCUT2D eigenvalue weighted by Crippen LogP contribution is -2.38. The van der Waals surface area contributed by atoms with E-state index in [9.17, 15) is 4.79 Å². The van der Waals surface area contributed by atoms with E-state index in [1.165, 1.54) is 17.2 Å². The van der Waals surface area contributed by atoms with Crippen LogP contribution in [0.15, 0.2) is 109 Å². The van der Waals surface area contributed by atoms with E-state index in [0.29, 0.717) is 11.5 Å². The molecule has 1 fully saturated rings. The quantitative estimate of drug-likeness (QED) is 0.145. The smallest absolute Gasteiger partial charge is 0.328 e. The van der Waals surface area contributed by atoms with Gasteiger partial charge in [-0.05, 0) is 54.2 Å². The molecule has 3 aromatic carbocycles. The zero-order chi connectivity index (χ0) is 28.0. The molecule has 1 saturated heterocycles. The molecule has 0 unspecified atom stereocenters. The molecule has 0 saturated carbocycles. The van der Waals surface area contributed by atoms with E-state index >= 15 is 0 Å². The van der Waals surface area contributed by atoms with Crippen LogP contribution in [0, 0.1) is 0 Å². The van der Waals surface area contributed by atoms with Gasteiger partial charge in [-0.25, -0.2) is 4.79 Å². The Morgan fingerprint density at radius 2 is 1.62 bits per heavy atom. The van der Waals surface area contributed by atoms with Crippen LogP contribution in [0.25, 0.3) is 6.08 Å². The van der Waals surface area contributed by atoms with Gasteiger partial charge in [0.2, 0.25) is 0 Å². The Bertz CT molecular complexity index is 1240. The van der Waals surface area contributed by atoms with Crippen molar-refractivity contribution in [2.45, 2.75) is 31.5 Å². The summed E-state index contributed by atoms with van der Waals surface area (Å²) >= 11 is 0. The number of benzene rings is 3. The topological polar surface area (TPSA) is 68.2 Å². The number of carboxylic acid groups (broad SMARTS) is 1. The summed E-state index contributed by atoms with van der Waals surface area (Å²) in [6, 6.07) is 26.5. The van der Waals surface area contributed by atoms with Crippen molar-refractivity contribution in [2.75, 3.05) is 26.7 Å². The summed E-state index contributed by atoms with van der Waals surface area (Å²) in [6.45, 7) is 3.00. The lowest BCUT2D eigenvalue weighted by atomic mass is 10.00. The fourth-order valence-electron chi connectivity index (χ4n) is 4.70. The summed E-state index contributed by atoms with van der Waals surface area (Å²) in [5.74, 6) is 0.258. The van der Waals surface area contributed by atoms with E-state index in [4.69, 9.17) is 19.3 Å². The van der Waals surface area contributed by atoms with E-state index in [1.807, 2.05) is 36.4 Å². The highest BCUT2D eigenvalue weighted by Gasteiger charge is 2.24. The molecule has 0 spiro atoms. The Hall–Kier alpha value is -4.13. The molecule has 1 aliphatic rings. The number of rotatable bonds is 13. The zero-order valence-corrected chi connectivity index (χ0v) is 22.9. The van der Waals surface area contributed by atoms with E-state index < -0.39 is 5.97 Å². The van der Waals surface area contributed by atoms with Crippen LogP contribution < -0.4 is 9.47 Å². The van der Waals surface area contributed by atoms with Crippen LogP contribution in [0.4, 0.5) is 0 Å². The number of piperidine rings is 1.